The van der Waals surface area contributed by atoms with Crippen molar-refractivity contribution < 1.29 is 0 Å². The van der Waals surface area contributed by atoms with E-state index in [1.54, 1.807) is 12.3 Å². The lowest BCUT2D eigenvalue weighted by Gasteiger charge is -1.95. The van der Waals surface area contributed by atoms with E-state index in [1.165, 1.54) is 6.07 Å². The van der Waals surface area contributed by atoms with Crippen molar-refractivity contribution in [2.75, 3.05) is 0 Å². The number of rotatable bonds is 3. The normalized spacial score (nSPS) is 10.5. The average Bonchev–Trinajstić information content (AvgIpc) is 2.68. The second-order valence-electron chi connectivity index (χ2n) is 3.30. The van der Waals surface area contributed by atoms with Gasteiger partial charge in [0.1, 0.15) is 0 Å². The number of aromatic amines is 1. The van der Waals surface area contributed by atoms with Gasteiger partial charge in [0.15, 0.2) is 0 Å². The largest absolute Gasteiger partial charge is 0.272 e. The van der Waals surface area contributed by atoms with Crippen LogP contribution < -0.4 is 5.56 Å². The van der Waals surface area contributed by atoms with Crippen molar-refractivity contribution in [3.05, 3.63) is 34.9 Å². The number of hydrogen-bond donors (Lipinski definition) is 1. The van der Waals surface area contributed by atoms with Crippen LogP contribution in [0.5, 0.6) is 0 Å². The van der Waals surface area contributed by atoms with Gasteiger partial charge in [-0.1, -0.05) is 6.92 Å². The fraction of sp³-hybridized carbons (Fsp3) is 0.300. The second-order valence-corrected chi connectivity index (χ2v) is 3.30. The van der Waals surface area contributed by atoms with Gasteiger partial charge in [0.25, 0.3) is 5.56 Å². The van der Waals surface area contributed by atoms with Crippen LogP contribution in [0.15, 0.2) is 29.3 Å². The summed E-state index contributed by atoms with van der Waals surface area (Å²) >= 11 is 0. The molecule has 2 heterocycles. The first-order valence-electron chi connectivity index (χ1n) is 4.88. The van der Waals surface area contributed by atoms with Gasteiger partial charge in [-0.25, -0.2) is 5.10 Å². The molecule has 2 rings (SSSR count). The van der Waals surface area contributed by atoms with Crippen molar-refractivity contribution in [3.8, 4) is 11.3 Å². The van der Waals surface area contributed by atoms with Gasteiger partial charge in [-0.05, 0) is 12.5 Å². The summed E-state index contributed by atoms with van der Waals surface area (Å²) < 4.78 is 1.86. The van der Waals surface area contributed by atoms with Crippen molar-refractivity contribution >= 4 is 0 Å². The summed E-state index contributed by atoms with van der Waals surface area (Å²) in [7, 11) is 0. The van der Waals surface area contributed by atoms with Crippen LogP contribution in [-0.2, 0) is 6.54 Å². The molecule has 15 heavy (non-hydrogen) atoms. The lowest BCUT2D eigenvalue weighted by molar-refractivity contribution is 0.603. The maximum Gasteiger partial charge on any atom is 0.264 e. The number of H-pyrrole nitrogens is 1. The molecule has 0 aromatic carbocycles. The first-order chi connectivity index (χ1) is 7.29. The zero-order valence-electron chi connectivity index (χ0n) is 8.47. The van der Waals surface area contributed by atoms with Gasteiger partial charge in [-0.2, -0.15) is 10.2 Å². The predicted octanol–water partition coefficient (Wildman–Crippen LogP) is 1.04. The fourth-order valence-corrected chi connectivity index (χ4v) is 1.35. The third-order valence-corrected chi connectivity index (χ3v) is 2.06. The molecule has 1 N–H and O–H groups in total. The van der Waals surface area contributed by atoms with Crippen molar-refractivity contribution in [3.63, 3.8) is 0 Å². The molecule has 0 fully saturated rings. The monoisotopic (exact) mass is 204 g/mol. The molecule has 0 aliphatic carbocycles. The molecule has 0 saturated heterocycles. The molecular formula is C10H12N4O. The molecule has 0 atom stereocenters. The highest BCUT2D eigenvalue weighted by atomic mass is 16.1. The standard InChI is InChI=1S/C10H12N4O/c1-2-5-14-7-8(6-11-14)9-3-4-10(15)13-12-9/h3-4,6-7H,2,5H2,1H3,(H,13,15). The number of hydrogen-bond acceptors (Lipinski definition) is 3. The molecule has 0 aliphatic heterocycles. The van der Waals surface area contributed by atoms with Crippen LogP contribution in [0, 0.1) is 0 Å². The summed E-state index contributed by atoms with van der Waals surface area (Å²) in [5, 5.41) is 10.5. The first kappa shape index (κ1) is 9.64. The van der Waals surface area contributed by atoms with Crippen LogP contribution in [-0.4, -0.2) is 20.0 Å². The van der Waals surface area contributed by atoms with Crippen LogP contribution in [0.2, 0.25) is 0 Å². The highest BCUT2D eigenvalue weighted by molar-refractivity contribution is 5.55. The number of nitrogens with one attached hydrogen (secondary N) is 1. The number of aromatic nitrogens is 4. The van der Waals surface area contributed by atoms with E-state index in [4.69, 9.17) is 0 Å². The smallest absolute Gasteiger partial charge is 0.264 e. The van der Waals surface area contributed by atoms with E-state index in [2.05, 4.69) is 22.2 Å². The summed E-state index contributed by atoms with van der Waals surface area (Å²) in [5.74, 6) is 0. The molecular weight excluding hydrogens is 192 g/mol. The predicted molar refractivity (Wildman–Crippen MR) is 56.4 cm³/mol. The summed E-state index contributed by atoms with van der Waals surface area (Å²) in [6, 6.07) is 3.14. The number of nitrogens with zero attached hydrogens (tertiary/aromatic N) is 3. The highest BCUT2D eigenvalue weighted by Gasteiger charge is 2.02. The molecule has 2 aromatic rings. The summed E-state index contributed by atoms with van der Waals surface area (Å²) in [6.07, 6.45) is 4.71. The molecule has 2 aromatic heterocycles. The Morgan fingerprint density at radius 3 is 3.00 bits per heavy atom. The highest BCUT2D eigenvalue weighted by Crippen LogP contribution is 2.13. The summed E-state index contributed by atoms with van der Waals surface area (Å²) in [5.41, 5.74) is 1.45. The second kappa shape index (κ2) is 4.08. The zero-order valence-corrected chi connectivity index (χ0v) is 8.47. The van der Waals surface area contributed by atoms with E-state index in [0.29, 0.717) is 0 Å². The maximum absolute atomic E-state index is 10.8. The molecule has 5 heteroatoms. The van der Waals surface area contributed by atoms with Crippen molar-refractivity contribution in [2.24, 2.45) is 0 Å². The third kappa shape index (κ3) is 2.12. The lowest BCUT2D eigenvalue weighted by Crippen LogP contribution is -2.05. The third-order valence-electron chi connectivity index (χ3n) is 2.06. The van der Waals surface area contributed by atoms with Gasteiger partial charge in [-0.3, -0.25) is 9.48 Å². The van der Waals surface area contributed by atoms with Gasteiger partial charge in [0.05, 0.1) is 11.9 Å². The Kier molecular flexibility index (Phi) is 2.62. The topological polar surface area (TPSA) is 63.6 Å². The minimum Gasteiger partial charge on any atom is -0.272 e. The van der Waals surface area contributed by atoms with Crippen LogP contribution >= 0.6 is 0 Å². The Morgan fingerprint density at radius 1 is 1.47 bits per heavy atom. The maximum atomic E-state index is 10.8. The molecule has 5 nitrogen and oxygen atoms in total. The van der Waals surface area contributed by atoms with Crippen molar-refractivity contribution in [2.45, 2.75) is 19.9 Å². The lowest BCUT2D eigenvalue weighted by atomic mass is 10.2. The number of aryl methyl sites for hydroxylation is 1. The van der Waals surface area contributed by atoms with E-state index in [-0.39, 0.29) is 5.56 Å². The van der Waals surface area contributed by atoms with Crippen molar-refractivity contribution in [1.29, 1.82) is 0 Å². The van der Waals surface area contributed by atoms with Crippen molar-refractivity contribution in [1.82, 2.24) is 20.0 Å². The summed E-state index contributed by atoms with van der Waals surface area (Å²) in [6.45, 7) is 2.99. The SMILES string of the molecule is CCCn1cc(-c2ccc(=O)[nH]n2)cn1. The molecule has 78 valence electrons. The van der Waals surface area contributed by atoms with Crippen LogP contribution in [0.1, 0.15) is 13.3 Å². The van der Waals surface area contributed by atoms with E-state index in [0.717, 1.165) is 24.2 Å². The molecule has 0 radical (unpaired) electrons. The fourth-order valence-electron chi connectivity index (χ4n) is 1.35. The van der Waals surface area contributed by atoms with Crippen LogP contribution in [0.3, 0.4) is 0 Å². The van der Waals surface area contributed by atoms with Gasteiger partial charge >= 0.3 is 0 Å². The van der Waals surface area contributed by atoms with E-state index >= 15 is 0 Å². The van der Waals surface area contributed by atoms with Crippen LogP contribution in [0.25, 0.3) is 11.3 Å². The molecule has 0 amide bonds. The molecule has 0 unspecified atom stereocenters. The quantitative estimate of drug-likeness (QED) is 0.812. The molecule has 0 aliphatic rings. The first-order valence-corrected chi connectivity index (χ1v) is 4.88. The van der Waals surface area contributed by atoms with E-state index in [1.807, 2.05) is 10.9 Å². The van der Waals surface area contributed by atoms with Gasteiger partial charge in [-0.15, -0.1) is 0 Å². The Bertz CT molecular complexity index is 480. The van der Waals surface area contributed by atoms with E-state index in [9.17, 15) is 4.79 Å². The minimum atomic E-state index is -0.195. The van der Waals surface area contributed by atoms with Gasteiger partial charge < -0.3 is 0 Å². The molecule has 0 spiro atoms. The van der Waals surface area contributed by atoms with Crippen LogP contribution in [0.4, 0.5) is 0 Å². The Hall–Kier alpha value is -1.91. The average molecular weight is 204 g/mol. The minimum absolute atomic E-state index is 0.195. The van der Waals surface area contributed by atoms with E-state index < -0.39 is 0 Å². The Labute approximate surface area is 86.8 Å². The Balaban J connectivity index is 2.29. The molecule has 0 saturated carbocycles. The molecule has 0 bridgehead atoms. The summed E-state index contributed by atoms with van der Waals surface area (Å²) in [4.78, 5) is 10.8. The van der Waals surface area contributed by atoms with Gasteiger partial charge in [0.2, 0.25) is 0 Å². The zero-order chi connectivity index (χ0) is 10.7. The Morgan fingerprint density at radius 2 is 2.33 bits per heavy atom. The van der Waals surface area contributed by atoms with Gasteiger partial charge in [0, 0.05) is 24.4 Å².